The Bertz CT molecular complexity index is 485. The summed E-state index contributed by atoms with van der Waals surface area (Å²) in [6.07, 6.45) is 0. The molecule has 0 amide bonds. The van der Waals surface area contributed by atoms with E-state index in [4.69, 9.17) is 5.73 Å². The summed E-state index contributed by atoms with van der Waals surface area (Å²) in [7, 11) is 0. The van der Waals surface area contributed by atoms with Gasteiger partial charge in [0.2, 0.25) is 0 Å². The molecule has 0 radical (unpaired) electrons. The highest BCUT2D eigenvalue weighted by molar-refractivity contribution is 7.07. The smallest absolute Gasteiger partial charge is 0.251 e. The van der Waals surface area contributed by atoms with Gasteiger partial charge < -0.3 is 10.7 Å². The summed E-state index contributed by atoms with van der Waals surface area (Å²) in [5.41, 5.74) is 8.12. The first-order valence-corrected chi connectivity index (χ1v) is 4.93. The zero-order valence-electron chi connectivity index (χ0n) is 8.04. The number of H-pyrrole nitrogens is 1. The second-order valence-corrected chi connectivity index (χ2v) is 3.38. The molecule has 3 N–H and O–H groups in total. The number of nitrogens with one attached hydrogen (secondary N) is 1. The van der Waals surface area contributed by atoms with Crippen LogP contribution in [0.1, 0.15) is 5.69 Å². The third-order valence-corrected chi connectivity index (χ3v) is 2.27. The maximum absolute atomic E-state index is 11.2. The van der Waals surface area contributed by atoms with E-state index in [0.717, 1.165) is 0 Å². The highest BCUT2D eigenvalue weighted by atomic mass is 35.5. The van der Waals surface area contributed by atoms with Crippen molar-refractivity contribution < 1.29 is 0 Å². The number of nitrogens with zero attached hydrogens (tertiary/aromatic N) is 2. The SMILES string of the molecule is Cl.Cl.NCc1cc(=O)[nH]c(-c2cscn2)n1. The summed E-state index contributed by atoms with van der Waals surface area (Å²) < 4.78 is 0. The van der Waals surface area contributed by atoms with Gasteiger partial charge in [-0.05, 0) is 0 Å². The molecule has 0 aliphatic rings. The predicted molar refractivity (Wildman–Crippen MR) is 68.4 cm³/mol. The molecule has 0 saturated carbocycles. The lowest BCUT2D eigenvalue weighted by molar-refractivity contribution is 0.952. The number of halogens is 2. The van der Waals surface area contributed by atoms with Gasteiger partial charge in [-0.3, -0.25) is 4.79 Å². The first kappa shape index (κ1) is 15.0. The topological polar surface area (TPSA) is 84.7 Å². The first-order valence-electron chi connectivity index (χ1n) is 3.98. The molecule has 2 heterocycles. The molecule has 0 aromatic carbocycles. The Kier molecular flexibility index (Phi) is 6.20. The van der Waals surface area contributed by atoms with Crippen LogP contribution in [0.3, 0.4) is 0 Å². The predicted octanol–water partition coefficient (Wildman–Crippen LogP) is 1.20. The van der Waals surface area contributed by atoms with Gasteiger partial charge in [0.05, 0.1) is 11.2 Å². The van der Waals surface area contributed by atoms with E-state index in [1.807, 2.05) is 5.38 Å². The Morgan fingerprint density at radius 3 is 2.75 bits per heavy atom. The van der Waals surface area contributed by atoms with Gasteiger partial charge in [0.15, 0.2) is 5.82 Å². The van der Waals surface area contributed by atoms with Crippen molar-refractivity contribution >= 4 is 36.2 Å². The van der Waals surface area contributed by atoms with Crippen LogP contribution in [-0.2, 0) is 6.54 Å². The van der Waals surface area contributed by atoms with Crippen molar-refractivity contribution in [2.24, 2.45) is 5.73 Å². The molecule has 2 rings (SSSR count). The zero-order chi connectivity index (χ0) is 9.97. The van der Waals surface area contributed by atoms with Gasteiger partial charge >= 0.3 is 0 Å². The summed E-state index contributed by atoms with van der Waals surface area (Å²) in [4.78, 5) is 22.0. The van der Waals surface area contributed by atoms with E-state index < -0.39 is 0 Å². The molecule has 0 aliphatic heterocycles. The number of aromatic nitrogens is 3. The van der Waals surface area contributed by atoms with E-state index in [9.17, 15) is 4.79 Å². The third kappa shape index (κ3) is 3.28. The second kappa shape index (κ2) is 6.59. The molecular formula is C8H10Cl2N4OS. The van der Waals surface area contributed by atoms with E-state index in [-0.39, 0.29) is 36.9 Å². The third-order valence-electron chi connectivity index (χ3n) is 1.68. The summed E-state index contributed by atoms with van der Waals surface area (Å²) >= 11 is 1.45. The number of rotatable bonds is 2. The van der Waals surface area contributed by atoms with E-state index in [1.54, 1.807) is 5.51 Å². The highest BCUT2D eigenvalue weighted by Gasteiger charge is 2.04. The van der Waals surface area contributed by atoms with Crippen LogP contribution in [0.2, 0.25) is 0 Å². The fourth-order valence-corrected chi connectivity index (χ4v) is 1.60. The molecule has 0 spiro atoms. The van der Waals surface area contributed by atoms with Crippen molar-refractivity contribution in [2.75, 3.05) is 0 Å². The normalized spacial score (nSPS) is 9.06. The Balaban J connectivity index is 0.00000112. The Hall–Kier alpha value is -0.950. The summed E-state index contributed by atoms with van der Waals surface area (Å²) in [5, 5.41) is 1.82. The van der Waals surface area contributed by atoms with Gasteiger partial charge in [-0.1, -0.05) is 0 Å². The number of nitrogens with two attached hydrogens (primary N) is 1. The van der Waals surface area contributed by atoms with Crippen LogP contribution >= 0.6 is 36.2 Å². The molecule has 8 heteroatoms. The van der Waals surface area contributed by atoms with Crippen LogP contribution in [0.5, 0.6) is 0 Å². The van der Waals surface area contributed by atoms with Crippen LogP contribution in [-0.4, -0.2) is 15.0 Å². The Morgan fingerprint density at radius 2 is 2.19 bits per heavy atom. The highest BCUT2D eigenvalue weighted by Crippen LogP contribution is 2.12. The molecule has 16 heavy (non-hydrogen) atoms. The van der Waals surface area contributed by atoms with Crippen LogP contribution < -0.4 is 11.3 Å². The number of hydrogen-bond donors (Lipinski definition) is 2. The molecule has 88 valence electrons. The van der Waals surface area contributed by atoms with Crippen molar-refractivity contribution in [3.05, 3.63) is 33.0 Å². The molecular weight excluding hydrogens is 271 g/mol. The fourth-order valence-electron chi connectivity index (χ4n) is 1.06. The molecule has 0 saturated heterocycles. The van der Waals surface area contributed by atoms with Crippen molar-refractivity contribution in [1.29, 1.82) is 0 Å². The minimum absolute atomic E-state index is 0. The summed E-state index contributed by atoms with van der Waals surface area (Å²) in [6, 6.07) is 1.38. The van der Waals surface area contributed by atoms with Gasteiger partial charge in [-0.25, -0.2) is 9.97 Å². The number of thiazole rings is 1. The average molecular weight is 281 g/mol. The van der Waals surface area contributed by atoms with Crippen LogP contribution in [0, 0.1) is 0 Å². The monoisotopic (exact) mass is 280 g/mol. The number of aromatic amines is 1. The molecule has 2 aromatic heterocycles. The average Bonchev–Trinajstić information content (AvgIpc) is 2.69. The largest absolute Gasteiger partial charge is 0.325 e. The maximum atomic E-state index is 11.2. The quantitative estimate of drug-likeness (QED) is 0.866. The molecule has 0 fully saturated rings. The molecule has 0 bridgehead atoms. The van der Waals surface area contributed by atoms with Gasteiger partial charge in [0, 0.05) is 18.0 Å². The van der Waals surface area contributed by atoms with E-state index >= 15 is 0 Å². The van der Waals surface area contributed by atoms with Crippen molar-refractivity contribution in [2.45, 2.75) is 6.54 Å². The second-order valence-electron chi connectivity index (χ2n) is 2.66. The van der Waals surface area contributed by atoms with E-state index in [0.29, 0.717) is 17.2 Å². The summed E-state index contributed by atoms with van der Waals surface area (Å²) in [6.45, 7) is 0.251. The standard InChI is InChI=1S/C8H8N4OS.2ClH/c9-2-5-1-7(13)12-8(11-5)6-3-14-4-10-6;;/h1,3-4H,2,9H2,(H,11,12,13);2*1H. The molecule has 2 aromatic rings. The van der Waals surface area contributed by atoms with E-state index in [2.05, 4.69) is 15.0 Å². The summed E-state index contributed by atoms with van der Waals surface area (Å²) in [5.74, 6) is 0.471. The van der Waals surface area contributed by atoms with Gasteiger partial charge in [-0.15, -0.1) is 36.2 Å². The number of hydrogen-bond acceptors (Lipinski definition) is 5. The maximum Gasteiger partial charge on any atom is 0.251 e. The van der Waals surface area contributed by atoms with Crippen molar-refractivity contribution in [1.82, 2.24) is 15.0 Å². The molecule has 0 aliphatic carbocycles. The van der Waals surface area contributed by atoms with Crippen LogP contribution in [0.15, 0.2) is 21.8 Å². The Labute approximate surface area is 108 Å². The first-order chi connectivity index (χ1) is 6.79. The fraction of sp³-hybridized carbons (Fsp3) is 0.125. The van der Waals surface area contributed by atoms with Gasteiger partial charge in [0.1, 0.15) is 5.69 Å². The van der Waals surface area contributed by atoms with Gasteiger partial charge in [0.25, 0.3) is 5.56 Å². The minimum atomic E-state index is -0.205. The Morgan fingerprint density at radius 1 is 1.44 bits per heavy atom. The van der Waals surface area contributed by atoms with Gasteiger partial charge in [-0.2, -0.15) is 0 Å². The van der Waals surface area contributed by atoms with Crippen molar-refractivity contribution in [3.8, 4) is 11.5 Å². The molecule has 0 atom stereocenters. The van der Waals surface area contributed by atoms with Crippen molar-refractivity contribution in [3.63, 3.8) is 0 Å². The molecule has 5 nitrogen and oxygen atoms in total. The van der Waals surface area contributed by atoms with E-state index in [1.165, 1.54) is 17.4 Å². The lowest BCUT2D eigenvalue weighted by atomic mass is 10.3. The minimum Gasteiger partial charge on any atom is -0.325 e. The zero-order valence-corrected chi connectivity index (χ0v) is 10.5. The lowest BCUT2D eigenvalue weighted by Crippen LogP contribution is -2.12. The van der Waals surface area contributed by atoms with Crippen LogP contribution in [0.25, 0.3) is 11.5 Å². The lowest BCUT2D eigenvalue weighted by Gasteiger charge is -1.98. The molecule has 0 unspecified atom stereocenters. The van der Waals surface area contributed by atoms with Crippen LogP contribution in [0.4, 0.5) is 0 Å².